The maximum atomic E-state index is 15.2. The molecule has 5 rings (SSSR count). The maximum absolute atomic E-state index is 15.2. The van der Waals surface area contributed by atoms with Crippen molar-refractivity contribution in [2.45, 2.75) is 12.5 Å². The predicted molar refractivity (Wildman–Crippen MR) is 136 cm³/mol. The summed E-state index contributed by atoms with van der Waals surface area (Å²) in [4.78, 5) is 11.5. The first kappa shape index (κ1) is 22.3. The van der Waals surface area contributed by atoms with Crippen molar-refractivity contribution in [3.8, 4) is 5.75 Å². The van der Waals surface area contributed by atoms with Gasteiger partial charge in [0.15, 0.2) is 11.6 Å². The number of halogens is 1. The SMILES string of the molecule is C=Cc1nn(C(c2ccccc2)(c2ccccc2)c2ccccc2)c2cc(F)c(OC(C)=O)cc12. The van der Waals surface area contributed by atoms with E-state index in [2.05, 4.69) is 6.58 Å². The number of ether oxygens (including phenoxy) is 1. The van der Waals surface area contributed by atoms with Gasteiger partial charge in [-0.1, -0.05) is 97.6 Å². The van der Waals surface area contributed by atoms with Crippen LogP contribution in [0.3, 0.4) is 0 Å². The number of nitrogens with zero attached hydrogens (tertiary/aromatic N) is 2. The first-order chi connectivity index (χ1) is 17.1. The number of esters is 1. The summed E-state index contributed by atoms with van der Waals surface area (Å²) in [5, 5.41) is 5.59. The van der Waals surface area contributed by atoms with E-state index in [1.165, 1.54) is 19.1 Å². The van der Waals surface area contributed by atoms with Crippen molar-refractivity contribution in [3.05, 3.63) is 138 Å². The lowest BCUT2D eigenvalue weighted by molar-refractivity contribution is -0.132. The molecular formula is C30H23FN2O2. The molecule has 0 saturated heterocycles. The lowest BCUT2D eigenvalue weighted by Crippen LogP contribution is -2.38. The molecule has 0 fully saturated rings. The Morgan fingerprint density at radius 2 is 1.37 bits per heavy atom. The van der Waals surface area contributed by atoms with Gasteiger partial charge in [-0.3, -0.25) is 4.79 Å². The van der Waals surface area contributed by atoms with Gasteiger partial charge in [-0.05, 0) is 28.8 Å². The molecular weight excluding hydrogens is 439 g/mol. The van der Waals surface area contributed by atoms with Gasteiger partial charge >= 0.3 is 5.97 Å². The fourth-order valence-corrected chi connectivity index (χ4v) is 4.68. The standard InChI is InChI=1S/C30H23FN2O2/c1-3-27-25-19-29(35-21(2)34)26(31)20-28(25)33(32-27)30(22-13-7-4-8-14-22,23-15-9-5-10-16-23)24-17-11-6-12-18-24/h3-20H,1H2,2H3. The normalized spacial score (nSPS) is 11.4. The molecule has 0 unspecified atom stereocenters. The number of hydrogen-bond donors (Lipinski definition) is 0. The predicted octanol–water partition coefficient (Wildman–Crippen LogP) is 6.58. The van der Waals surface area contributed by atoms with E-state index in [0.29, 0.717) is 16.6 Å². The van der Waals surface area contributed by atoms with Crippen molar-refractivity contribution in [3.63, 3.8) is 0 Å². The topological polar surface area (TPSA) is 44.1 Å². The second-order valence-electron chi connectivity index (χ2n) is 8.20. The monoisotopic (exact) mass is 462 g/mol. The molecule has 5 heteroatoms. The molecule has 0 radical (unpaired) electrons. The summed E-state index contributed by atoms with van der Waals surface area (Å²) in [5.74, 6) is -1.38. The van der Waals surface area contributed by atoms with Crippen molar-refractivity contribution in [1.29, 1.82) is 0 Å². The lowest BCUT2D eigenvalue weighted by atomic mass is 9.77. The van der Waals surface area contributed by atoms with Crippen molar-refractivity contribution in [1.82, 2.24) is 9.78 Å². The highest BCUT2D eigenvalue weighted by molar-refractivity contribution is 5.89. The maximum Gasteiger partial charge on any atom is 0.308 e. The van der Waals surface area contributed by atoms with Crippen LogP contribution in [-0.4, -0.2) is 15.7 Å². The summed E-state index contributed by atoms with van der Waals surface area (Å²) in [7, 11) is 0. The third kappa shape index (κ3) is 3.71. The minimum absolute atomic E-state index is 0.141. The number of fused-ring (bicyclic) bond motifs is 1. The zero-order valence-corrected chi connectivity index (χ0v) is 19.2. The molecule has 0 aliphatic rings. The molecule has 35 heavy (non-hydrogen) atoms. The second-order valence-corrected chi connectivity index (χ2v) is 8.20. The number of hydrogen-bond acceptors (Lipinski definition) is 3. The minimum Gasteiger partial charge on any atom is -0.424 e. The van der Waals surface area contributed by atoms with Gasteiger partial charge in [0.25, 0.3) is 0 Å². The van der Waals surface area contributed by atoms with Crippen LogP contribution in [0.4, 0.5) is 4.39 Å². The van der Waals surface area contributed by atoms with Crippen LogP contribution in [-0.2, 0) is 10.3 Å². The van der Waals surface area contributed by atoms with Crippen molar-refractivity contribution in [2.75, 3.05) is 0 Å². The highest BCUT2D eigenvalue weighted by atomic mass is 19.1. The summed E-state index contributed by atoms with van der Waals surface area (Å²) < 4.78 is 22.2. The molecule has 1 aromatic heterocycles. The van der Waals surface area contributed by atoms with Crippen LogP contribution in [0.2, 0.25) is 0 Å². The van der Waals surface area contributed by atoms with Crippen LogP contribution in [0.5, 0.6) is 5.75 Å². The van der Waals surface area contributed by atoms with Crippen LogP contribution in [0, 0.1) is 5.82 Å². The summed E-state index contributed by atoms with van der Waals surface area (Å²) in [5.41, 5.74) is 3.06. The summed E-state index contributed by atoms with van der Waals surface area (Å²) in [6.45, 7) is 5.17. The Kier molecular flexibility index (Phi) is 5.75. The fourth-order valence-electron chi connectivity index (χ4n) is 4.68. The first-order valence-electron chi connectivity index (χ1n) is 11.3. The molecule has 0 aliphatic heterocycles. The molecule has 0 atom stereocenters. The third-order valence-corrected chi connectivity index (χ3v) is 6.10. The Hall–Kier alpha value is -4.51. The van der Waals surface area contributed by atoms with Crippen LogP contribution in [0.15, 0.2) is 110 Å². The Morgan fingerprint density at radius 3 is 1.80 bits per heavy atom. The Bertz CT molecular complexity index is 1410. The van der Waals surface area contributed by atoms with Gasteiger partial charge in [0, 0.05) is 18.4 Å². The molecule has 1 heterocycles. The minimum atomic E-state index is -0.918. The summed E-state index contributed by atoms with van der Waals surface area (Å²) in [6.07, 6.45) is 1.63. The molecule has 0 aliphatic carbocycles. The van der Waals surface area contributed by atoms with E-state index < -0.39 is 17.3 Å². The molecule has 4 nitrogen and oxygen atoms in total. The van der Waals surface area contributed by atoms with Gasteiger partial charge in [0.1, 0.15) is 5.54 Å². The molecule has 0 spiro atoms. The van der Waals surface area contributed by atoms with Crippen LogP contribution in [0.1, 0.15) is 29.3 Å². The quantitative estimate of drug-likeness (QED) is 0.163. The molecule has 172 valence electrons. The zero-order chi connectivity index (χ0) is 24.4. The van der Waals surface area contributed by atoms with E-state index in [1.807, 2.05) is 95.7 Å². The Labute approximate surface area is 202 Å². The summed E-state index contributed by atoms with van der Waals surface area (Å²) in [6, 6.07) is 32.9. The van der Waals surface area contributed by atoms with Crippen molar-refractivity contribution >= 4 is 22.9 Å². The summed E-state index contributed by atoms with van der Waals surface area (Å²) >= 11 is 0. The molecule has 0 bridgehead atoms. The number of rotatable bonds is 6. The molecule has 0 amide bonds. The van der Waals surface area contributed by atoms with Crippen molar-refractivity contribution < 1.29 is 13.9 Å². The second kappa shape index (κ2) is 9.03. The van der Waals surface area contributed by atoms with E-state index in [4.69, 9.17) is 9.84 Å². The van der Waals surface area contributed by atoms with E-state index in [9.17, 15) is 4.79 Å². The third-order valence-electron chi connectivity index (χ3n) is 6.10. The smallest absolute Gasteiger partial charge is 0.308 e. The number of carbonyl (C=O) groups is 1. The number of benzene rings is 4. The Morgan fingerprint density at radius 1 is 0.886 bits per heavy atom. The molecule has 4 aromatic carbocycles. The largest absolute Gasteiger partial charge is 0.424 e. The van der Waals surface area contributed by atoms with Gasteiger partial charge in [0.05, 0.1) is 11.2 Å². The first-order valence-corrected chi connectivity index (χ1v) is 11.3. The van der Waals surface area contributed by atoms with E-state index in [1.54, 1.807) is 6.08 Å². The van der Waals surface area contributed by atoms with E-state index >= 15 is 4.39 Å². The van der Waals surface area contributed by atoms with Gasteiger partial charge in [0.2, 0.25) is 0 Å². The van der Waals surface area contributed by atoms with Crippen LogP contribution in [0.25, 0.3) is 17.0 Å². The Balaban J connectivity index is 1.95. The van der Waals surface area contributed by atoms with Crippen molar-refractivity contribution in [2.24, 2.45) is 0 Å². The molecule has 0 saturated carbocycles. The van der Waals surface area contributed by atoms with Gasteiger partial charge < -0.3 is 4.74 Å². The average Bonchev–Trinajstić information content (AvgIpc) is 3.24. The van der Waals surface area contributed by atoms with E-state index in [0.717, 1.165) is 16.7 Å². The average molecular weight is 463 g/mol. The number of aromatic nitrogens is 2. The van der Waals surface area contributed by atoms with Crippen LogP contribution < -0.4 is 4.74 Å². The fraction of sp³-hybridized carbons (Fsp3) is 0.0667. The van der Waals surface area contributed by atoms with Gasteiger partial charge in [-0.2, -0.15) is 5.10 Å². The van der Waals surface area contributed by atoms with E-state index in [-0.39, 0.29) is 5.75 Å². The lowest BCUT2D eigenvalue weighted by Gasteiger charge is -2.37. The molecule has 5 aromatic rings. The van der Waals surface area contributed by atoms with Gasteiger partial charge in [-0.15, -0.1) is 0 Å². The highest BCUT2D eigenvalue weighted by Crippen LogP contribution is 2.43. The van der Waals surface area contributed by atoms with Crippen LogP contribution >= 0.6 is 0 Å². The van der Waals surface area contributed by atoms with Gasteiger partial charge in [-0.25, -0.2) is 9.07 Å². The number of carbonyl (C=O) groups excluding carboxylic acids is 1. The zero-order valence-electron chi connectivity index (χ0n) is 19.2. The highest BCUT2D eigenvalue weighted by Gasteiger charge is 2.41. The molecule has 0 N–H and O–H groups in total.